The van der Waals surface area contributed by atoms with Gasteiger partial charge in [0.15, 0.2) is 5.78 Å². The molecule has 3 rings (SSSR count). The number of fused-ring (bicyclic) bond motifs is 1. The largest absolute Gasteiger partial charge is 0.360 e. The molecule has 20 heavy (non-hydrogen) atoms. The van der Waals surface area contributed by atoms with Crippen molar-refractivity contribution in [2.24, 2.45) is 0 Å². The number of aromatic nitrogens is 2. The van der Waals surface area contributed by atoms with E-state index in [0.29, 0.717) is 16.5 Å². The van der Waals surface area contributed by atoms with Crippen LogP contribution >= 0.6 is 0 Å². The number of H-pyrrole nitrogens is 1. The van der Waals surface area contributed by atoms with Crippen LogP contribution in [0.5, 0.6) is 0 Å². The number of aromatic amines is 1. The number of allylic oxidation sites excluding steroid dienone is 1. The number of nitrogens with one attached hydrogen (secondary N) is 1. The zero-order valence-electron chi connectivity index (χ0n) is 10.5. The summed E-state index contributed by atoms with van der Waals surface area (Å²) in [6.07, 6.45) is 8.14. The van der Waals surface area contributed by atoms with E-state index in [-0.39, 0.29) is 11.6 Å². The van der Waals surface area contributed by atoms with Gasteiger partial charge in [0, 0.05) is 35.1 Å². The molecule has 3 nitrogen and oxygen atoms in total. The highest BCUT2D eigenvalue weighted by Gasteiger charge is 2.09. The van der Waals surface area contributed by atoms with Crippen LogP contribution in [0, 0.1) is 5.82 Å². The molecule has 1 N–H and O–H groups in total. The first-order valence-corrected chi connectivity index (χ1v) is 6.13. The van der Waals surface area contributed by atoms with Crippen LogP contribution in [-0.2, 0) is 0 Å². The van der Waals surface area contributed by atoms with Crippen LogP contribution in [0.2, 0.25) is 0 Å². The monoisotopic (exact) mass is 266 g/mol. The van der Waals surface area contributed by atoms with E-state index in [4.69, 9.17) is 0 Å². The van der Waals surface area contributed by atoms with Gasteiger partial charge < -0.3 is 4.98 Å². The highest BCUT2D eigenvalue weighted by atomic mass is 19.1. The first-order chi connectivity index (χ1) is 9.74. The fourth-order valence-electron chi connectivity index (χ4n) is 2.04. The summed E-state index contributed by atoms with van der Waals surface area (Å²) in [5, 5.41) is 0.715. The number of rotatable bonds is 3. The zero-order valence-corrected chi connectivity index (χ0v) is 10.5. The molecule has 4 heteroatoms. The Morgan fingerprint density at radius 1 is 1.30 bits per heavy atom. The SMILES string of the molecule is O=C(/C=C\c1cccnc1)c1c[nH]c2cc(F)ccc12. The highest BCUT2D eigenvalue weighted by molar-refractivity contribution is 6.14. The second-order valence-corrected chi connectivity index (χ2v) is 4.38. The van der Waals surface area contributed by atoms with Gasteiger partial charge in [-0.25, -0.2) is 4.39 Å². The molecule has 0 aliphatic heterocycles. The quantitative estimate of drug-likeness (QED) is 0.581. The third-order valence-electron chi connectivity index (χ3n) is 3.02. The maximum absolute atomic E-state index is 13.1. The number of carbonyl (C=O) groups is 1. The molecule has 2 heterocycles. The van der Waals surface area contributed by atoms with Crippen molar-refractivity contribution >= 4 is 22.8 Å². The maximum Gasteiger partial charge on any atom is 0.188 e. The zero-order chi connectivity index (χ0) is 13.9. The van der Waals surface area contributed by atoms with Crippen LogP contribution < -0.4 is 0 Å². The van der Waals surface area contributed by atoms with Crippen LogP contribution in [0.15, 0.2) is 55.0 Å². The van der Waals surface area contributed by atoms with E-state index in [2.05, 4.69) is 9.97 Å². The van der Waals surface area contributed by atoms with Gasteiger partial charge in [-0.05, 0) is 42.0 Å². The van der Waals surface area contributed by atoms with Gasteiger partial charge in [-0.15, -0.1) is 0 Å². The molecule has 0 aliphatic rings. The average Bonchev–Trinajstić information content (AvgIpc) is 2.89. The second-order valence-electron chi connectivity index (χ2n) is 4.38. The topological polar surface area (TPSA) is 45.8 Å². The molecule has 0 fully saturated rings. The van der Waals surface area contributed by atoms with E-state index in [1.54, 1.807) is 36.8 Å². The summed E-state index contributed by atoms with van der Waals surface area (Å²) >= 11 is 0. The molecule has 1 aromatic carbocycles. The number of carbonyl (C=O) groups excluding carboxylic acids is 1. The van der Waals surface area contributed by atoms with E-state index >= 15 is 0 Å². The average molecular weight is 266 g/mol. The van der Waals surface area contributed by atoms with Gasteiger partial charge in [0.05, 0.1) is 0 Å². The summed E-state index contributed by atoms with van der Waals surface area (Å²) in [4.78, 5) is 19.0. The Morgan fingerprint density at radius 3 is 3.00 bits per heavy atom. The molecule has 0 bridgehead atoms. The first-order valence-electron chi connectivity index (χ1n) is 6.13. The molecule has 0 atom stereocenters. The highest BCUT2D eigenvalue weighted by Crippen LogP contribution is 2.20. The van der Waals surface area contributed by atoms with E-state index < -0.39 is 0 Å². The molecule has 0 amide bonds. The Kier molecular flexibility index (Phi) is 3.13. The minimum Gasteiger partial charge on any atom is -0.360 e. The molecule has 0 unspecified atom stereocenters. The maximum atomic E-state index is 13.1. The van der Waals surface area contributed by atoms with Crippen LogP contribution in [0.3, 0.4) is 0 Å². The van der Waals surface area contributed by atoms with Gasteiger partial charge in [-0.1, -0.05) is 6.07 Å². The van der Waals surface area contributed by atoms with Crippen molar-refractivity contribution in [2.75, 3.05) is 0 Å². The number of ketones is 1. The predicted octanol–water partition coefficient (Wildman–Crippen LogP) is 3.60. The molecule has 0 aliphatic carbocycles. The van der Waals surface area contributed by atoms with E-state index in [0.717, 1.165) is 5.56 Å². The summed E-state index contributed by atoms with van der Waals surface area (Å²) in [7, 11) is 0. The first kappa shape index (κ1) is 12.3. The Balaban J connectivity index is 1.91. The fourth-order valence-corrected chi connectivity index (χ4v) is 2.04. The molecule has 3 aromatic rings. The Morgan fingerprint density at radius 2 is 2.20 bits per heavy atom. The van der Waals surface area contributed by atoms with Crippen LogP contribution in [0.25, 0.3) is 17.0 Å². The molecular formula is C16H11FN2O. The smallest absolute Gasteiger partial charge is 0.188 e. The summed E-state index contributed by atoms with van der Waals surface area (Å²) in [5.41, 5.74) is 2.00. The Labute approximate surface area is 114 Å². The van der Waals surface area contributed by atoms with Crippen molar-refractivity contribution in [1.29, 1.82) is 0 Å². The minimum absolute atomic E-state index is 0.133. The van der Waals surface area contributed by atoms with Crippen molar-refractivity contribution in [3.63, 3.8) is 0 Å². The number of pyridine rings is 1. The fraction of sp³-hybridized carbons (Fsp3) is 0. The molecular weight excluding hydrogens is 255 g/mol. The number of hydrogen-bond acceptors (Lipinski definition) is 2. The van der Waals surface area contributed by atoms with Crippen molar-refractivity contribution in [1.82, 2.24) is 9.97 Å². The lowest BCUT2D eigenvalue weighted by molar-refractivity contribution is 0.104. The molecule has 0 saturated heterocycles. The number of nitrogens with zero attached hydrogens (tertiary/aromatic N) is 1. The summed E-state index contributed by atoms with van der Waals surface area (Å²) in [5.74, 6) is -0.462. The standard InChI is InChI=1S/C16H11FN2O/c17-12-4-5-13-14(10-19-15(13)8-12)16(20)6-3-11-2-1-7-18-9-11/h1-10,19H/b6-3-. The lowest BCUT2D eigenvalue weighted by atomic mass is 10.1. The van der Waals surface area contributed by atoms with E-state index in [1.807, 2.05) is 6.07 Å². The van der Waals surface area contributed by atoms with E-state index in [9.17, 15) is 9.18 Å². The van der Waals surface area contributed by atoms with Crippen LogP contribution in [-0.4, -0.2) is 15.8 Å². The van der Waals surface area contributed by atoms with Crippen LogP contribution in [0.1, 0.15) is 15.9 Å². The van der Waals surface area contributed by atoms with Gasteiger partial charge in [-0.2, -0.15) is 0 Å². The van der Waals surface area contributed by atoms with Crippen molar-refractivity contribution in [2.45, 2.75) is 0 Å². The van der Waals surface area contributed by atoms with Gasteiger partial charge in [0.1, 0.15) is 5.82 Å². The van der Waals surface area contributed by atoms with Gasteiger partial charge >= 0.3 is 0 Å². The summed E-state index contributed by atoms with van der Waals surface area (Å²) < 4.78 is 13.1. The normalized spacial score (nSPS) is 11.2. The molecule has 2 aromatic heterocycles. The third kappa shape index (κ3) is 2.36. The summed E-state index contributed by atoms with van der Waals surface area (Å²) in [6.45, 7) is 0. The van der Waals surface area contributed by atoms with Crippen molar-refractivity contribution in [3.8, 4) is 0 Å². The molecule has 0 saturated carbocycles. The number of benzene rings is 1. The van der Waals surface area contributed by atoms with Crippen LogP contribution in [0.4, 0.5) is 4.39 Å². The van der Waals surface area contributed by atoms with Gasteiger partial charge in [-0.3, -0.25) is 9.78 Å². The minimum atomic E-state index is -0.329. The summed E-state index contributed by atoms with van der Waals surface area (Å²) in [6, 6.07) is 7.99. The van der Waals surface area contributed by atoms with Gasteiger partial charge in [0.25, 0.3) is 0 Å². The Hall–Kier alpha value is -2.75. The third-order valence-corrected chi connectivity index (χ3v) is 3.02. The lowest BCUT2D eigenvalue weighted by Crippen LogP contribution is -1.92. The molecule has 0 spiro atoms. The second kappa shape index (κ2) is 5.09. The predicted molar refractivity (Wildman–Crippen MR) is 75.9 cm³/mol. The van der Waals surface area contributed by atoms with Gasteiger partial charge in [0.2, 0.25) is 0 Å². The number of halogens is 1. The lowest BCUT2D eigenvalue weighted by Gasteiger charge is -1.94. The van der Waals surface area contributed by atoms with Crippen molar-refractivity contribution < 1.29 is 9.18 Å². The number of hydrogen-bond donors (Lipinski definition) is 1. The molecule has 98 valence electrons. The van der Waals surface area contributed by atoms with E-state index in [1.165, 1.54) is 18.2 Å². The van der Waals surface area contributed by atoms with Crippen molar-refractivity contribution in [3.05, 3.63) is 71.9 Å². The Bertz CT molecular complexity index is 791. The molecule has 0 radical (unpaired) electrons.